The van der Waals surface area contributed by atoms with Crippen LogP contribution in [-0.2, 0) is 0 Å². The maximum Gasteiger partial charge on any atom is 0.0877 e. The highest BCUT2D eigenvalue weighted by atomic mass is 16.3. The van der Waals surface area contributed by atoms with Crippen LogP contribution >= 0.6 is 0 Å². The highest BCUT2D eigenvalue weighted by Gasteiger charge is 2.61. The number of aliphatic hydroxyl groups excluding tert-OH is 2. The molecule has 292 valence electrons. The van der Waals surface area contributed by atoms with Gasteiger partial charge in [0.15, 0.2) is 0 Å². The Labute approximate surface area is 321 Å². The number of hydrogen-bond donors (Lipinski definition) is 10. The van der Waals surface area contributed by atoms with Crippen LogP contribution in [0.3, 0.4) is 0 Å². The molecule has 0 amide bonds. The second kappa shape index (κ2) is 14.5. The van der Waals surface area contributed by atoms with Crippen LogP contribution < -0.4 is 42.5 Å². The van der Waals surface area contributed by atoms with Crippen molar-refractivity contribution < 1.29 is 10.2 Å². The minimum Gasteiger partial charge on any atom is -0.390 e. The molecular formula is C44H64N8O2. The van der Waals surface area contributed by atoms with Crippen molar-refractivity contribution in [2.24, 2.45) is 47.3 Å². The lowest BCUT2D eigenvalue weighted by Crippen LogP contribution is -2.62. The Bertz CT molecular complexity index is 1490. The Morgan fingerprint density at radius 3 is 0.852 bits per heavy atom. The number of aliphatic hydroxyl groups is 2. The normalized spacial score (nSPS) is 51.1. The summed E-state index contributed by atoms with van der Waals surface area (Å²) in [6.07, 6.45) is 15.0. The minimum absolute atomic E-state index is 0.0400. The zero-order valence-corrected chi connectivity index (χ0v) is 31.7. The average Bonchev–Trinajstić information content (AvgIpc) is 3.95. The van der Waals surface area contributed by atoms with Crippen molar-refractivity contribution in [1.82, 2.24) is 42.5 Å². The second-order valence-corrected chi connectivity index (χ2v) is 19.0. The molecule has 10 N–H and O–H groups in total. The zero-order chi connectivity index (χ0) is 35.9. The van der Waals surface area contributed by atoms with Crippen LogP contribution in [0.2, 0.25) is 0 Å². The van der Waals surface area contributed by atoms with Crippen LogP contribution in [0, 0.1) is 47.3 Å². The maximum atomic E-state index is 12.3. The summed E-state index contributed by atoms with van der Waals surface area (Å²) in [6, 6.07) is 21.2. The Morgan fingerprint density at radius 2 is 0.574 bits per heavy atom. The van der Waals surface area contributed by atoms with E-state index in [1.54, 1.807) is 0 Å². The molecule has 0 aromatic heterocycles. The first-order valence-corrected chi connectivity index (χ1v) is 22.2. The zero-order valence-electron chi connectivity index (χ0n) is 31.7. The number of fused-ring (bicyclic) bond motifs is 20. The molecule has 10 nitrogen and oxygen atoms in total. The van der Waals surface area contributed by atoms with E-state index in [4.69, 9.17) is 0 Å². The van der Waals surface area contributed by atoms with Crippen molar-refractivity contribution in [2.45, 2.75) is 150 Å². The van der Waals surface area contributed by atoms with E-state index in [0.29, 0.717) is 47.8 Å². The number of rotatable bonds is 2. The molecule has 9 aliphatic rings. The van der Waals surface area contributed by atoms with E-state index in [9.17, 15) is 10.2 Å². The van der Waals surface area contributed by atoms with E-state index in [1.165, 1.54) is 77.0 Å². The third-order valence-electron chi connectivity index (χ3n) is 16.6. The monoisotopic (exact) mass is 737 g/mol. The number of benzene rings is 2. The van der Waals surface area contributed by atoms with Crippen molar-refractivity contribution in [3.63, 3.8) is 0 Å². The predicted molar refractivity (Wildman–Crippen MR) is 209 cm³/mol. The Balaban J connectivity index is 1.02. The largest absolute Gasteiger partial charge is 0.390 e. The van der Waals surface area contributed by atoms with Crippen LogP contribution in [0.4, 0.5) is 0 Å². The first kappa shape index (κ1) is 35.2. The highest BCUT2D eigenvalue weighted by Crippen LogP contribution is 2.54. The van der Waals surface area contributed by atoms with Crippen LogP contribution in [0.25, 0.3) is 0 Å². The SMILES string of the molecule is OC1C(O)C(c2ccccc2)C2C3NC4NC(NC5NC(NC6NC(NC(N3)C2C1c1ccccc1)C1CCCCC61)C1CCCCC51)C1CCCCC41. The molecule has 11 rings (SSSR count). The smallest absolute Gasteiger partial charge is 0.0877 e. The lowest BCUT2D eigenvalue weighted by atomic mass is 9.60. The third kappa shape index (κ3) is 5.88. The molecule has 0 spiro atoms. The number of nitrogens with one attached hydrogen (secondary N) is 8. The van der Waals surface area contributed by atoms with Gasteiger partial charge in [0.05, 0.1) is 61.5 Å². The number of hydrogen-bond acceptors (Lipinski definition) is 10. The van der Waals surface area contributed by atoms with Gasteiger partial charge in [0, 0.05) is 23.7 Å². The van der Waals surface area contributed by atoms with Crippen LogP contribution in [-0.4, -0.2) is 71.7 Å². The van der Waals surface area contributed by atoms with Gasteiger partial charge in [0.25, 0.3) is 0 Å². The van der Waals surface area contributed by atoms with Gasteiger partial charge in [0.1, 0.15) is 0 Å². The molecule has 9 fully saturated rings. The molecule has 5 heterocycles. The minimum atomic E-state index is -0.892. The first-order chi connectivity index (χ1) is 26.6. The Kier molecular flexibility index (Phi) is 9.43. The molecule has 54 heavy (non-hydrogen) atoms. The molecule has 20 unspecified atom stereocenters. The summed E-state index contributed by atoms with van der Waals surface area (Å²) in [5.74, 6) is 3.17. The van der Waals surface area contributed by atoms with Gasteiger partial charge in [-0.1, -0.05) is 99.2 Å². The van der Waals surface area contributed by atoms with Crippen molar-refractivity contribution in [3.8, 4) is 0 Å². The van der Waals surface area contributed by atoms with E-state index in [0.717, 1.165) is 11.1 Å². The molecule has 20 atom stereocenters. The standard InChI is InChI=1S/C44H64N8O2/c53-35-31(23-13-3-1-4-14-23)33-34(32(36(35)54)24-15-5-2-6-16-24)44-51-42-30-22-12-10-20-28(30)40(49-42)47-38-26-18-8-7-17-25(26)37(45-38)46-39-27-19-9-11-21-29(27)41(48-39)50-43(33)52-44/h1-6,13-16,25-54H,7-12,17-22H2. The Hall–Kier alpha value is -1.96. The molecule has 8 bridgehead atoms. The van der Waals surface area contributed by atoms with E-state index in [2.05, 4.69) is 103 Å². The van der Waals surface area contributed by atoms with Crippen molar-refractivity contribution in [2.75, 3.05) is 0 Å². The fourth-order valence-corrected chi connectivity index (χ4v) is 14.3. The summed E-state index contributed by atoms with van der Waals surface area (Å²) in [6.45, 7) is 0. The van der Waals surface area contributed by atoms with Crippen LogP contribution in [0.5, 0.6) is 0 Å². The average molecular weight is 737 g/mol. The van der Waals surface area contributed by atoms with E-state index >= 15 is 0 Å². The van der Waals surface area contributed by atoms with Gasteiger partial charge in [-0.3, -0.25) is 42.5 Å². The molecule has 4 aliphatic carbocycles. The van der Waals surface area contributed by atoms with Gasteiger partial charge in [-0.2, -0.15) is 0 Å². The highest BCUT2D eigenvalue weighted by molar-refractivity contribution is 5.33. The molecular weight excluding hydrogens is 673 g/mol. The van der Waals surface area contributed by atoms with Crippen molar-refractivity contribution in [3.05, 3.63) is 71.8 Å². The fraction of sp³-hybridized carbons (Fsp3) is 0.727. The summed E-state index contributed by atoms with van der Waals surface area (Å²) in [4.78, 5) is 0. The Morgan fingerprint density at radius 1 is 0.333 bits per heavy atom. The molecule has 2 aromatic carbocycles. The van der Waals surface area contributed by atoms with Crippen molar-refractivity contribution >= 4 is 0 Å². The summed E-state index contributed by atoms with van der Waals surface area (Å²) in [7, 11) is 0. The van der Waals surface area contributed by atoms with E-state index < -0.39 is 12.2 Å². The lowest BCUT2D eigenvalue weighted by molar-refractivity contribution is -0.0812. The van der Waals surface area contributed by atoms with Gasteiger partial charge in [-0.15, -0.1) is 0 Å². The van der Waals surface area contributed by atoms with Crippen LogP contribution in [0.15, 0.2) is 60.7 Å². The summed E-state index contributed by atoms with van der Waals surface area (Å²) >= 11 is 0. The quantitative estimate of drug-likeness (QED) is 0.224. The lowest BCUT2D eigenvalue weighted by Gasteiger charge is -2.49. The molecule has 0 radical (unpaired) electrons. The van der Waals surface area contributed by atoms with Gasteiger partial charge < -0.3 is 10.2 Å². The van der Waals surface area contributed by atoms with Gasteiger partial charge in [-0.05, 0) is 85.2 Å². The topological polar surface area (TPSA) is 137 Å². The fourth-order valence-electron chi connectivity index (χ4n) is 14.3. The summed E-state index contributed by atoms with van der Waals surface area (Å²) in [5.41, 5.74) is 2.22. The van der Waals surface area contributed by atoms with Gasteiger partial charge >= 0.3 is 0 Å². The van der Waals surface area contributed by atoms with Crippen molar-refractivity contribution in [1.29, 1.82) is 0 Å². The maximum absolute atomic E-state index is 12.3. The van der Waals surface area contributed by atoms with Gasteiger partial charge in [-0.25, -0.2) is 0 Å². The predicted octanol–water partition coefficient (Wildman–Crippen LogP) is 3.33. The van der Waals surface area contributed by atoms with E-state index in [1.807, 2.05) is 0 Å². The van der Waals surface area contributed by atoms with Crippen LogP contribution in [0.1, 0.15) is 100 Å². The molecule has 5 aliphatic heterocycles. The molecule has 5 saturated heterocycles. The van der Waals surface area contributed by atoms with Gasteiger partial charge in [0.2, 0.25) is 0 Å². The van der Waals surface area contributed by atoms with E-state index in [-0.39, 0.29) is 60.7 Å². The first-order valence-electron chi connectivity index (χ1n) is 22.2. The molecule has 10 heteroatoms. The summed E-state index contributed by atoms with van der Waals surface area (Å²) < 4.78 is 0. The molecule has 2 aromatic rings. The second-order valence-electron chi connectivity index (χ2n) is 19.0. The molecule has 4 saturated carbocycles. The third-order valence-corrected chi connectivity index (χ3v) is 16.6. The summed E-state index contributed by atoms with van der Waals surface area (Å²) in [5, 5.41) is 58.5.